The van der Waals surface area contributed by atoms with Crippen molar-refractivity contribution in [2.45, 2.75) is 30.7 Å². The van der Waals surface area contributed by atoms with Crippen molar-refractivity contribution in [2.75, 3.05) is 19.6 Å². The van der Waals surface area contributed by atoms with Crippen LogP contribution in [0.15, 0.2) is 27.6 Å². The lowest BCUT2D eigenvalue weighted by Crippen LogP contribution is -2.47. The van der Waals surface area contributed by atoms with Crippen molar-refractivity contribution in [3.8, 4) is 0 Å². The van der Waals surface area contributed by atoms with E-state index >= 15 is 0 Å². The fraction of sp³-hybridized carbons (Fsp3) is 0.538. The van der Waals surface area contributed by atoms with Crippen LogP contribution in [-0.2, 0) is 10.0 Å². The average Bonchev–Trinajstić information content (AvgIpc) is 2.37. The number of likely N-dealkylation sites (N-methyl/N-ethyl adjacent to an activating group) is 1. The van der Waals surface area contributed by atoms with Crippen molar-refractivity contribution < 1.29 is 12.8 Å². The van der Waals surface area contributed by atoms with Crippen LogP contribution >= 0.6 is 15.9 Å². The number of likely N-dealkylation sites (tertiary alicyclic amines) is 1. The summed E-state index contributed by atoms with van der Waals surface area (Å²) >= 11 is 3.10. The molecule has 0 bridgehead atoms. The lowest BCUT2D eigenvalue weighted by Gasteiger charge is -2.32. The van der Waals surface area contributed by atoms with Gasteiger partial charge in [-0.05, 0) is 60.1 Å². The molecular weight excluding hydrogens is 347 g/mol. The van der Waals surface area contributed by atoms with Crippen molar-refractivity contribution in [1.82, 2.24) is 9.62 Å². The largest absolute Gasteiger partial charge is 0.302 e. The first kappa shape index (κ1) is 15.9. The highest BCUT2D eigenvalue weighted by Gasteiger charge is 2.26. The Morgan fingerprint density at radius 2 is 2.25 bits per heavy atom. The number of rotatable bonds is 4. The molecule has 1 aliphatic rings. The zero-order valence-electron chi connectivity index (χ0n) is 11.3. The Morgan fingerprint density at radius 3 is 2.90 bits per heavy atom. The summed E-state index contributed by atoms with van der Waals surface area (Å²) < 4.78 is 40.7. The van der Waals surface area contributed by atoms with Gasteiger partial charge in [0.25, 0.3) is 0 Å². The normalized spacial score (nSPS) is 21.1. The molecule has 1 saturated heterocycles. The second-order valence-corrected chi connectivity index (χ2v) is 7.47. The van der Waals surface area contributed by atoms with Gasteiger partial charge in [0.1, 0.15) is 5.82 Å². The third-order valence-electron chi connectivity index (χ3n) is 3.46. The summed E-state index contributed by atoms with van der Waals surface area (Å²) in [4.78, 5) is 2.30. The van der Waals surface area contributed by atoms with Crippen LogP contribution < -0.4 is 4.72 Å². The van der Waals surface area contributed by atoms with E-state index in [1.54, 1.807) is 0 Å². The third-order valence-corrected chi connectivity index (χ3v) is 5.96. The fourth-order valence-corrected chi connectivity index (χ4v) is 4.73. The number of piperidine rings is 1. The Kier molecular flexibility index (Phi) is 5.17. The number of nitrogens with one attached hydrogen (secondary N) is 1. The molecule has 0 spiro atoms. The Labute approximate surface area is 127 Å². The Balaban J connectivity index is 2.14. The third kappa shape index (κ3) is 3.78. The molecule has 1 fully saturated rings. The predicted octanol–water partition coefficient (Wildman–Crippen LogP) is 2.35. The van der Waals surface area contributed by atoms with Crippen molar-refractivity contribution in [1.29, 1.82) is 0 Å². The second-order valence-electron chi connectivity index (χ2n) is 4.93. The lowest BCUT2D eigenvalue weighted by atomic mass is 10.1. The summed E-state index contributed by atoms with van der Waals surface area (Å²) in [5.41, 5.74) is 0. The van der Waals surface area contributed by atoms with Gasteiger partial charge >= 0.3 is 0 Å². The minimum atomic E-state index is -3.63. The lowest BCUT2D eigenvalue weighted by molar-refractivity contribution is 0.211. The predicted molar refractivity (Wildman–Crippen MR) is 79.6 cm³/mol. The standard InChI is InChI=1S/C13H18BrFN2O2S/c1-2-17-7-3-4-11(9-17)16-20(18,19)13-6-5-10(15)8-12(13)14/h5-6,8,11,16H,2-4,7,9H2,1H3. The Morgan fingerprint density at radius 1 is 1.50 bits per heavy atom. The topological polar surface area (TPSA) is 49.4 Å². The van der Waals surface area contributed by atoms with Gasteiger partial charge in [-0.1, -0.05) is 6.92 Å². The number of benzene rings is 1. The number of nitrogens with zero attached hydrogens (tertiary/aromatic N) is 1. The summed E-state index contributed by atoms with van der Waals surface area (Å²) in [6, 6.07) is 3.50. The Bertz CT molecular complexity index is 580. The highest BCUT2D eigenvalue weighted by Crippen LogP contribution is 2.23. The zero-order valence-corrected chi connectivity index (χ0v) is 13.7. The van der Waals surface area contributed by atoms with Crippen LogP contribution in [0.2, 0.25) is 0 Å². The highest BCUT2D eigenvalue weighted by atomic mass is 79.9. The van der Waals surface area contributed by atoms with Gasteiger partial charge in [-0.2, -0.15) is 0 Å². The maximum atomic E-state index is 13.0. The van der Waals surface area contributed by atoms with E-state index in [9.17, 15) is 12.8 Å². The molecule has 1 aliphatic heterocycles. The van der Waals surface area contributed by atoms with Crippen molar-refractivity contribution in [2.24, 2.45) is 0 Å². The molecule has 0 saturated carbocycles. The zero-order chi connectivity index (χ0) is 14.8. The SMILES string of the molecule is CCN1CCCC(NS(=O)(=O)c2ccc(F)cc2Br)C1. The molecule has 4 nitrogen and oxygen atoms in total. The van der Waals surface area contributed by atoms with Gasteiger partial charge in [-0.25, -0.2) is 17.5 Å². The molecule has 7 heteroatoms. The number of halogens is 2. The van der Waals surface area contributed by atoms with E-state index in [2.05, 4.69) is 32.5 Å². The molecule has 2 rings (SSSR count). The van der Waals surface area contributed by atoms with Crippen LogP contribution in [-0.4, -0.2) is 39.0 Å². The van der Waals surface area contributed by atoms with Crippen LogP contribution in [0.1, 0.15) is 19.8 Å². The molecule has 1 atom stereocenters. The maximum Gasteiger partial charge on any atom is 0.241 e. The van der Waals surface area contributed by atoms with Crippen molar-refractivity contribution in [3.63, 3.8) is 0 Å². The first-order valence-electron chi connectivity index (χ1n) is 6.62. The van der Waals surface area contributed by atoms with Crippen LogP contribution in [0.3, 0.4) is 0 Å². The smallest absolute Gasteiger partial charge is 0.241 e. The molecule has 1 aromatic carbocycles. The van der Waals surface area contributed by atoms with Crippen molar-refractivity contribution >= 4 is 26.0 Å². The highest BCUT2D eigenvalue weighted by molar-refractivity contribution is 9.10. The quantitative estimate of drug-likeness (QED) is 0.891. The number of sulfonamides is 1. The number of hydrogen-bond donors (Lipinski definition) is 1. The minimum absolute atomic E-state index is 0.0764. The van der Waals surface area contributed by atoms with E-state index in [0.717, 1.165) is 38.1 Å². The van der Waals surface area contributed by atoms with E-state index in [-0.39, 0.29) is 15.4 Å². The maximum absolute atomic E-state index is 13.0. The summed E-state index contributed by atoms with van der Waals surface area (Å²) in [5, 5.41) is 0. The first-order valence-corrected chi connectivity index (χ1v) is 8.89. The van der Waals surface area contributed by atoms with Crippen molar-refractivity contribution in [3.05, 3.63) is 28.5 Å². The molecular formula is C13H18BrFN2O2S. The van der Waals surface area contributed by atoms with Crippen LogP contribution in [0.25, 0.3) is 0 Å². The molecule has 1 N–H and O–H groups in total. The van der Waals surface area contributed by atoms with Crippen LogP contribution in [0.4, 0.5) is 4.39 Å². The van der Waals surface area contributed by atoms with Gasteiger partial charge in [0, 0.05) is 17.1 Å². The van der Waals surface area contributed by atoms with Gasteiger partial charge < -0.3 is 4.90 Å². The molecule has 0 aromatic heterocycles. The van der Waals surface area contributed by atoms with E-state index in [1.165, 1.54) is 6.07 Å². The monoisotopic (exact) mass is 364 g/mol. The van der Waals surface area contributed by atoms with E-state index in [1.807, 2.05) is 0 Å². The fourth-order valence-electron chi connectivity index (χ4n) is 2.41. The molecule has 0 amide bonds. The molecule has 1 aromatic rings. The van der Waals surface area contributed by atoms with Gasteiger partial charge in [-0.3, -0.25) is 0 Å². The van der Waals surface area contributed by atoms with Gasteiger partial charge in [0.2, 0.25) is 10.0 Å². The van der Waals surface area contributed by atoms with Gasteiger partial charge in [-0.15, -0.1) is 0 Å². The average molecular weight is 365 g/mol. The summed E-state index contributed by atoms with van der Waals surface area (Å²) in [6.07, 6.45) is 1.81. The van der Waals surface area contributed by atoms with Gasteiger partial charge in [0.15, 0.2) is 0 Å². The Hall–Kier alpha value is -0.500. The molecule has 1 heterocycles. The molecule has 0 radical (unpaired) electrons. The van der Waals surface area contributed by atoms with E-state index in [0.29, 0.717) is 6.54 Å². The summed E-state index contributed by atoms with van der Waals surface area (Å²) in [5.74, 6) is -0.467. The van der Waals surface area contributed by atoms with E-state index < -0.39 is 15.8 Å². The van der Waals surface area contributed by atoms with Crippen LogP contribution in [0.5, 0.6) is 0 Å². The first-order chi connectivity index (χ1) is 9.42. The molecule has 1 unspecified atom stereocenters. The summed E-state index contributed by atoms with van der Waals surface area (Å²) in [6.45, 7) is 4.70. The van der Waals surface area contributed by atoms with Crippen LogP contribution in [0, 0.1) is 5.82 Å². The molecule has 0 aliphatic carbocycles. The van der Waals surface area contributed by atoms with Gasteiger partial charge in [0.05, 0.1) is 4.90 Å². The number of hydrogen-bond acceptors (Lipinski definition) is 3. The molecule has 112 valence electrons. The van der Waals surface area contributed by atoms with E-state index in [4.69, 9.17) is 0 Å². The summed E-state index contributed by atoms with van der Waals surface area (Å²) in [7, 11) is -3.63. The minimum Gasteiger partial charge on any atom is -0.302 e. The molecule has 20 heavy (non-hydrogen) atoms. The second kappa shape index (κ2) is 6.51.